The van der Waals surface area contributed by atoms with Crippen molar-refractivity contribution < 1.29 is 32.1 Å². The van der Waals surface area contributed by atoms with Gasteiger partial charge in [0.25, 0.3) is 0 Å². The van der Waals surface area contributed by atoms with Crippen LogP contribution in [-0.4, -0.2) is 10.8 Å². The topological polar surface area (TPSA) is 75.6 Å². The molecule has 14 heavy (non-hydrogen) atoms. The lowest BCUT2D eigenvalue weighted by molar-refractivity contribution is -1.63. The lowest BCUT2D eigenvalue weighted by Gasteiger charge is -2.10. The van der Waals surface area contributed by atoms with E-state index in [4.69, 9.17) is 17.3 Å². The Bertz CT molecular complexity index is 309. The SMILES string of the molecule is C1=Cc2ccccc2OC1.[O-][Br+2]([O-])O. The van der Waals surface area contributed by atoms with Crippen molar-refractivity contribution in [2.24, 2.45) is 0 Å². The van der Waals surface area contributed by atoms with Crippen LogP contribution in [0.2, 0.25) is 0 Å². The van der Waals surface area contributed by atoms with Gasteiger partial charge in [0.05, 0.1) is 0 Å². The Kier molecular flexibility index (Phi) is 4.61. The molecule has 0 aromatic heterocycles. The summed E-state index contributed by atoms with van der Waals surface area (Å²) >= 11 is -3.40. The first kappa shape index (κ1) is 11.2. The Balaban J connectivity index is 0.000000213. The summed E-state index contributed by atoms with van der Waals surface area (Å²) in [5, 5.41) is 0. The van der Waals surface area contributed by atoms with Crippen molar-refractivity contribution in [3.8, 4) is 5.75 Å². The Hall–Kier alpha value is -0.880. The van der Waals surface area contributed by atoms with E-state index in [1.807, 2.05) is 30.3 Å². The van der Waals surface area contributed by atoms with E-state index in [-0.39, 0.29) is 0 Å². The van der Waals surface area contributed by atoms with Gasteiger partial charge in [0.2, 0.25) is 0 Å². The first-order chi connectivity index (χ1) is 6.70. The number of para-hydroxylation sites is 1. The number of rotatable bonds is 0. The third-order valence-electron chi connectivity index (χ3n) is 1.55. The molecule has 0 spiro atoms. The van der Waals surface area contributed by atoms with Crippen LogP contribution in [0.5, 0.6) is 5.75 Å². The van der Waals surface area contributed by atoms with Crippen molar-refractivity contribution in [2.75, 3.05) is 6.61 Å². The van der Waals surface area contributed by atoms with E-state index in [0.29, 0.717) is 6.61 Å². The van der Waals surface area contributed by atoms with E-state index in [0.717, 1.165) is 5.75 Å². The molecular weight excluding hydrogens is 252 g/mol. The first-order valence-electron chi connectivity index (χ1n) is 3.83. The molecule has 0 saturated heterocycles. The van der Waals surface area contributed by atoms with Crippen LogP contribution in [0.1, 0.15) is 5.56 Å². The second-order valence-electron chi connectivity index (χ2n) is 2.45. The summed E-state index contributed by atoms with van der Waals surface area (Å²) < 4.78 is 29.6. The van der Waals surface area contributed by atoms with E-state index in [9.17, 15) is 0 Å². The molecule has 0 radical (unpaired) electrons. The van der Waals surface area contributed by atoms with Gasteiger partial charge in [-0.25, -0.2) is 0 Å². The van der Waals surface area contributed by atoms with Crippen molar-refractivity contribution in [1.82, 2.24) is 0 Å². The van der Waals surface area contributed by atoms with Gasteiger partial charge in [-0.15, -0.1) is 0 Å². The van der Waals surface area contributed by atoms with Gasteiger partial charge in [-0.05, 0) is 16.3 Å². The fraction of sp³-hybridized carbons (Fsp3) is 0.111. The van der Waals surface area contributed by atoms with Crippen LogP contribution in [0, 0.1) is 14.8 Å². The molecule has 1 aromatic carbocycles. The molecule has 0 aliphatic carbocycles. The van der Waals surface area contributed by atoms with Crippen LogP contribution in [0.15, 0.2) is 30.3 Å². The quantitative estimate of drug-likeness (QED) is 0.660. The average molecular weight is 261 g/mol. The van der Waals surface area contributed by atoms with Gasteiger partial charge in [-0.3, -0.25) is 0 Å². The molecule has 0 amide bonds. The summed E-state index contributed by atoms with van der Waals surface area (Å²) in [5.74, 6) is 0.991. The van der Waals surface area contributed by atoms with Gasteiger partial charge in [0, 0.05) is 5.56 Å². The molecule has 2 rings (SSSR count). The average Bonchev–Trinajstić information content (AvgIpc) is 2.17. The third-order valence-corrected chi connectivity index (χ3v) is 1.55. The fourth-order valence-electron chi connectivity index (χ4n) is 1.06. The minimum Gasteiger partial charge on any atom is -0.489 e. The molecule has 1 heterocycles. The minimum absolute atomic E-state index is 0.705. The van der Waals surface area contributed by atoms with Gasteiger partial charge in [0.1, 0.15) is 12.4 Å². The lowest BCUT2D eigenvalue weighted by Crippen LogP contribution is -2.30. The predicted octanol–water partition coefficient (Wildman–Crippen LogP) is -0.843. The highest BCUT2D eigenvalue weighted by Crippen LogP contribution is 2.21. The monoisotopic (exact) mass is 260 g/mol. The van der Waals surface area contributed by atoms with Crippen LogP contribution in [-0.2, 0) is 0 Å². The zero-order chi connectivity index (χ0) is 10.4. The molecule has 0 unspecified atom stereocenters. The van der Waals surface area contributed by atoms with Gasteiger partial charge in [0.15, 0.2) is 0 Å². The Morgan fingerprint density at radius 3 is 2.57 bits per heavy atom. The molecule has 0 atom stereocenters. The summed E-state index contributed by atoms with van der Waals surface area (Å²) in [5.41, 5.74) is 1.17. The molecule has 0 bridgehead atoms. The summed E-state index contributed by atoms with van der Waals surface area (Å²) in [4.78, 5) is 0. The maximum absolute atomic E-state index is 8.63. The lowest BCUT2D eigenvalue weighted by atomic mass is 10.1. The van der Waals surface area contributed by atoms with E-state index >= 15 is 0 Å². The second-order valence-corrected chi connectivity index (χ2v) is 3.30. The van der Waals surface area contributed by atoms with Gasteiger partial charge in [-0.1, -0.05) is 24.3 Å². The predicted molar refractivity (Wildman–Crippen MR) is 43.2 cm³/mol. The Morgan fingerprint density at radius 2 is 1.93 bits per heavy atom. The fourth-order valence-corrected chi connectivity index (χ4v) is 1.06. The smallest absolute Gasteiger partial charge is 0.433 e. The van der Waals surface area contributed by atoms with Crippen LogP contribution in [0.3, 0.4) is 0 Å². The minimum atomic E-state index is -3.40. The van der Waals surface area contributed by atoms with Crippen LogP contribution in [0.4, 0.5) is 0 Å². The zero-order valence-corrected chi connectivity index (χ0v) is 8.81. The molecular formula is C9H9BrO4. The van der Waals surface area contributed by atoms with Crippen molar-refractivity contribution in [3.63, 3.8) is 0 Å². The van der Waals surface area contributed by atoms with E-state index < -0.39 is 14.8 Å². The standard InChI is InChI=1S/C9H8O.BrHO3/c1-2-6-9-8(4-1)5-3-7-10-9;2-1(3)4/h1-6H,7H2;2H. The molecule has 4 nitrogen and oxygen atoms in total. The number of benzene rings is 1. The summed E-state index contributed by atoms with van der Waals surface area (Å²) in [6.45, 7) is 0.705. The highest BCUT2D eigenvalue weighted by Gasteiger charge is 2.01. The third kappa shape index (κ3) is 3.89. The molecule has 5 heteroatoms. The van der Waals surface area contributed by atoms with Gasteiger partial charge < -0.3 is 13.1 Å². The maximum Gasteiger partial charge on any atom is 0.433 e. The molecule has 1 aromatic rings. The van der Waals surface area contributed by atoms with Crippen LogP contribution in [0.25, 0.3) is 6.08 Å². The molecule has 1 aliphatic rings. The summed E-state index contributed by atoms with van der Waals surface area (Å²) in [6.07, 6.45) is 4.10. The maximum atomic E-state index is 8.63. The van der Waals surface area contributed by atoms with Crippen molar-refractivity contribution in [3.05, 3.63) is 35.9 Å². The Labute approximate surface area is 86.9 Å². The first-order valence-corrected chi connectivity index (χ1v) is 5.83. The number of halogens is 1. The molecule has 1 aliphatic heterocycles. The normalized spacial score (nSPS) is 12.6. The number of hydrogen-bond acceptors (Lipinski definition) is 4. The largest absolute Gasteiger partial charge is 0.489 e. The number of fused-ring (bicyclic) bond motifs is 1. The van der Waals surface area contributed by atoms with Crippen LogP contribution < -0.4 is 13.1 Å². The molecule has 0 fully saturated rings. The highest BCUT2D eigenvalue weighted by atomic mass is 80.0. The van der Waals surface area contributed by atoms with E-state index in [1.54, 1.807) is 0 Å². The summed E-state index contributed by atoms with van der Waals surface area (Å²) in [6, 6.07) is 8.03. The molecule has 1 N–H and O–H groups in total. The van der Waals surface area contributed by atoms with Crippen molar-refractivity contribution >= 4 is 6.08 Å². The molecule has 76 valence electrons. The Morgan fingerprint density at radius 1 is 1.29 bits per heavy atom. The van der Waals surface area contributed by atoms with Crippen molar-refractivity contribution in [1.29, 1.82) is 0 Å². The second kappa shape index (κ2) is 5.77. The zero-order valence-electron chi connectivity index (χ0n) is 7.22. The number of hydrogen-bond donors (Lipinski definition) is 1. The summed E-state index contributed by atoms with van der Waals surface area (Å²) in [7, 11) is 0. The van der Waals surface area contributed by atoms with Gasteiger partial charge in [-0.2, -0.15) is 0 Å². The van der Waals surface area contributed by atoms with Crippen LogP contribution >= 0.6 is 0 Å². The van der Waals surface area contributed by atoms with E-state index in [2.05, 4.69) is 6.08 Å². The van der Waals surface area contributed by atoms with Gasteiger partial charge >= 0.3 is 14.8 Å². The number of ether oxygens (including phenoxy) is 1. The van der Waals surface area contributed by atoms with E-state index in [1.165, 1.54) is 5.56 Å². The highest BCUT2D eigenvalue weighted by molar-refractivity contribution is 5.58. The van der Waals surface area contributed by atoms with Crippen molar-refractivity contribution in [2.45, 2.75) is 0 Å². The molecule has 0 saturated carbocycles.